The number of aromatic amines is 1. The maximum Gasteiger partial charge on any atom is 0.0569 e. The van der Waals surface area contributed by atoms with E-state index in [1.807, 2.05) is 13.1 Å². The molecule has 0 aliphatic carbocycles. The molecule has 2 rings (SSSR count). The van der Waals surface area contributed by atoms with Crippen LogP contribution in [0, 0.1) is 13.8 Å². The summed E-state index contributed by atoms with van der Waals surface area (Å²) in [7, 11) is 0. The van der Waals surface area contributed by atoms with Gasteiger partial charge in [-0.25, -0.2) is 0 Å². The molecule has 0 aliphatic rings. The Balaban J connectivity index is 2.63. The number of aromatic nitrogens is 2. The molecular formula is C11H11BrN2. The molecule has 0 unspecified atom stereocenters. The molecule has 2 aromatic rings. The Kier molecular flexibility index (Phi) is 2.42. The summed E-state index contributed by atoms with van der Waals surface area (Å²) in [5.74, 6) is 0. The van der Waals surface area contributed by atoms with Gasteiger partial charge in [0, 0.05) is 15.7 Å². The van der Waals surface area contributed by atoms with Gasteiger partial charge in [0.25, 0.3) is 0 Å². The van der Waals surface area contributed by atoms with Crippen molar-refractivity contribution in [1.29, 1.82) is 0 Å². The molecule has 0 fully saturated rings. The molecule has 0 saturated heterocycles. The number of halogens is 1. The molecule has 2 nitrogen and oxygen atoms in total. The van der Waals surface area contributed by atoms with E-state index in [2.05, 4.69) is 51.3 Å². The topological polar surface area (TPSA) is 28.7 Å². The van der Waals surface area contributed by atoms with Crippen molar-refractivity contribution in [1.82, 2.24) is 10.2 Å². The number of H-pyrrole nitrogens is 1. The van der Waals surface area contributed by atoms with Crippen LogP contribution in [-0.4, -0.2) is 10.2 Å². The van der Waals surface area contributed by atoms with Gasteiger partial charge in [-0.2, -0.15) is 5.10 Å². The van der Waals surface area contributed by atoms with Crippen molar-refractivity contribution in [2.24, 2.45) is 0 Å². The highest BCUT2D eigenvalue weighted by molar-refractivity contribution is 9.10. The smallest absolute Gasteiger partial charge is 0.0569 e. The van der Waals surface area contributed by atoms with Gasteiger partial charge >= 0.3 is 0 Å². The number of aryl methyl sites for hydroxylation is 2. The zero-order valence-electron chi connectivity index (χ0n) is 8.13. The SMILES string of the molecule is Cc1cccc(-c2cn[nH]c2C)c1Br. The minimum atomic E-state index is 1.09. The lowest BCUT2D eigenvalue weighted by Gasteiger charge is -2.05. The molecular weight excluding hydrogens is 240 g/mol. The highest BCUT2D eigenvalue weighted by Crippen LogP contribution is 2.31. The minimum Gasteiger partial charge on any atom is -0.282 e. The molecule has 0 radical (unpaired) electrons. The first kappa shape index (κ1) is 9.46. The van der Waals surface area contributed by atoms with Crippen LogP contribution in [0.1, 0.15) is 11.3 Å². The quantitative estimate of drug-likeness (QED) is 0.826. The number of rotatable bonds is 1. The lowest BCUT2D eigenvalue weighted by atomic mass is 10.0. The number of nitrogens with zero attached hydrogens (tertiary/aromatic N) is 1. The fraction of sp³-hybridized carbons (Fsp3) is 0.182. The standard InChI is InChI=1S/C11H11BrN2/c1-7-4-3-5-9(11(7)12)10-6-13-14-8(10)2/h3-6H,1-2H3,(H,13,14). The van der Waals surface area contributed by atoms with E-state index in [4.69, 9.17) is 0 Å². The third kappa shape index (κ3) is 1.48. The minimum absolute atomic E-state index is 1.09. The molecule has 0 aliphatic heterocycles. The number of hydrogen-bond acceptors (Lipinski definition) is 1. The molecule has 1 aromatic heterocycles. The summed E-state index contributed by atoms with van der Waals surface area (Å²) < 4.78 is 1.14. The molecule has 1 aromatic carbocycles. The van der Waals surface area contributed by atoms with Crippen molar-refractivity contribution >= 4 is 15.9 Å². The highest BCUT2D eigenvalue weighted by atomic mass is 79.9. The molecule has 1 heterocycles. The van der Waals surface area contributed by atoms with Crippen molar-refractivity contribution in [3.05, 3.63) is 40.1 Å². The van der Waals surface area contributed by atoms with E-state index in [-0.39, 0.29) is 0 Å². The van der Waals surface area contributed by atoms with Crippen LogP contribution in [0.2, 0.25) is 0 Å². The Labute approximate surface area is 91.5 Å². The summed E-state index contributed by atoms with van der Waals surface area (Å²) in [6.07, 6.45) is 1.86. The first-order valence-electron chi connectivity index (χ1n) is 4.45. The predicted octanol–water partition coefficient (Wildman–Crippen LogP) is 3.46. The Morgan fingerprint density at radius 1 is 1.21 bits per heavy atom. The van der Waals surface area contributed by atoms with E-state index in [0.29, 0.717) is 0 Å². The number of hydrogen-bond donors (Lipinski definition) is 1. The third-order valence-corrected chi connectivity index (χ3v) is 3.36. The van der Waals surface area contributed by atoms with Gasteiger partial charge in [0.1, 0.15) is 0 Å². The van der Waals surface area contributed by atoms with E-state index < -0.39 is 0 Å². The second kappa shape index (κ2) is 3.58. The van der Waals surface area contributed by atoms with Crippen molar-refractivity contribution in [2.45, 2.75) is 13.8 Å². The molecule has 1 N–H and O–H groups in total. The molecule has 72 valence electrons. The van der Waals surface area contributed by atoms with Gasteiger partial charge in [0.2, 0.25) is 0 Å². The van der Waals surface area contributed by atoms with E-state index in [1.165, 1.54) is 11.1 Å². The summed E-state index contributed by atoms with van der Waals surface area (Å²) in [6.45, 7) is 4.11. The van der Waals surface area contributed by atoms with Crippen molar-refractivity contribution in [3.63, 3.8) is 0 Å². The zero-order chi connectivity index (χ0) is 10.1. The van der Waals surface area contributed by atoms with Crippen molar-refractivity contribution in [2.75, 3.05) is 0 Å². The van der Waals surface area contributed by atoms with Gasteiger partial charge in [-0.05, 0) is 40.9 Å². The van der Waals surface area contributed by atoms with Crippen LogP contribution in [0.3, 0.4) is 0 Å². The number of nitrogens with one attached hydrogen (secondary N) is 1. The lowest BCUT2D eigenvalue weighted by Crippen LogP contribution is -1.83. The van der Waals surface area contributed by atoms with Crippen LogP contribution in [0.5, 0.6) is 0 Å². The third-order valence-electron chi connectivity index (χ3n) is 2.31. The molecule has 0 amide bonds. The Hall–Kier alpha value is -1.09. The Morgan fingerprint density at radius 3 is 2.64 bits per heavy atom. The molecule has 0 bridgehead atoms. The maximum atomic E-state index is 4.02. The first-order valence-corrected chi connectivity index (χ1v) is 5.25. The summed E-state index contributed by atoms with van der Waals surface area (Å²) >= 11 is 3.59. The van der Waals surface area contributed by atoms with Gasteiger partial charge < -0.3 is 0 Å². The molecule has 3 heteroatoms. The largest absolute Gasteiger partial charge is 0.282 e. The second-order valence-electron chi connectivity index (χ2n) is 3.35. The van der Waals surface area contributed by atoms with Crippen molar-refractivity contribution in [3.8, 4) is 11.1 Å². The fourth-order valence-corrected chi connectivity index (χ4v) is 1.96. The fourth-order valence-electron chi connectivity index (χ4n) is 1.48. The van der Waals surface area contributed by atoms with Crippen LogP contribution in [0.4, 0.5) is 0 Å². The van der Waals surface area contributed by atoms with Gasteiger partial charge in [-0.3, -0.25) is 5.10 Å². The van der Waals surface area contributed by atoms with Gasteiger partial charge in [0.15, 0.2) is 0 Å². The molecule has 0 spiro atoms. The predicted molar refractivity (Wildman–Crippen MR) is 61.2 cm³/mol. The number of benzene rings is 1. The summed E-state index contributed by atoms with van der Waals surface area (Å²) in [6, 6.07) is 6.24. The normalized spacial score (nSPS) is 10.5. The average Bonchev–Trinajstić information content (AvgIpc) is 2.57. The maximum absolute atomic E-state index is 4.02. The van der Waals surface area contributed by atoms with Crippen LogP contribution in [0.15, 0.2) is 28.9 Å². The first-order chi connectivity index (χ1) is 6.70. The van der Waals surface area contributed by atoms with E-state index >= 15 is 0 Å². The van der Waals surface area contributed by atoms with Crippen LogP contribution >= 0.6 is 15.9 Å². The molecule has 0 saturated carbocycles. The Bertz CT molecular complexity index is 460. The van der Waals surface area contributed by atoms with Crippen molar-refractivity contribution < 1.29 is 0 Å². The zero-order valence-corrected chi connectivity index (χ0v) is 9.72. The monoisotopic (exact) mass is 250 g/mol. The average molecular weight is 251 g/mol. The molecule has 14 heavy (non-hydrogen) atoms. The summed E-state index contributed by atoms with van der Waals surface area (Å²) in [5, 5.41) is 6.97. The van der Waals surface area contributed by atoms with Crippen LogP contribution < -0.4 is 0 Å². The van der Waals surface area contributed by atoms with E-state index in [0.717, 1.165) is 15.7 Å². The highest BCUT2D eigenvalue weighted by Gasteiger charge is 2.08. The second-order valence-corrected chi connectivity index (χ2v) is 4.14. The van der Waals surface area contributed by atoms with E-state index in [1.54, 1.807) is 0 Å². The van der Waals surface area contributed by atoms with Gasteiger partial charge in [-0.15, -0.1) is 0 Å². The Morgan fingerprint density at radius 2 is 2.00 bits per heavy atom. The summed E-state index contributed by atoms with van der Waals surface area (Å²) in [4.78, 5) is 0. The van der Waals surface area contributed by atoms with Gasteiger partial charge in [-0.1, -0.05) is 18.2 Å². The summed E-state index contributed by atoms with van der Waals surface area (Å²) in [5.41, 5.74) is 4.68. The van der Waals surface area contributed by atoms with Crippen LogP contribution in [0.25, 0.3) is 11.1 Å². The molecule has 0 atom stereocenters. The van der Waals surface area contributed by atoms with Gasteiger partial charge in [0.05, 0.1) is 6.20 Å². The lowest BCUT2D eigenvalue weighted by molar-refractivity contribution is 1.05. The van der Waals surface area contributed by atoms with Crippen LogP contribution in [-0.2, 0) is 0 Å². The van der Waals surface area contributed by atoms with E-state index in [9.17, 15) is 0 Å².